The van der Waals surface area contributed by atoms with Gasteiger partial charge in [-0.15, -0.1) is 0 Å². The van der Waals surface area contributed by atoms with E-state index >= 15 is 0 Å². The Morgan fingerprint density at radius 2 is 1.60 bits per heavy atom. The van der Waals surface area contributed by atoms with E-state index in [2.05, 4.69) is 105 Å². The number of nitrogens with one attached hydrogen (secondary N) is 1. The normalized spacial score (nSPS) is 17.7. The van der Waals surface area contributed by atoms with Crippen molar-refractivity contribution < 1.29 is 0 Å². The third-order valence-electron chi connectivity index (χ3n) is 7.19. The Morgan fingerprint density at radius 3 is 2.29 bits per heavy atom. The van der Waals surface area contributed by atoms with Crippen LogP contribution >= 0.6 is 12.2 Å². The molecule has 5 rings (SSSR count). The van der Waals surface area contributed by atoms with Gasteiger partial charge in [0, 0.05) is 29.0 Å². The standard InChI is InChI=1S/C30H32N4S/c1-18-14-19(2)16-24(15-18)34-29(28(32-30(34)35)26-11-7-8-13-31-26)25-17-21(4)33(23(25)6)27-12-9-10-20(3)22(27)5/h7-17,28-29H,1-6H3,(H,32,35)/t28-,29-/m0/s1. The first-order valence-corrected chi connectivity index (χ1v) is 12.5. The highest BCUT2D eigenvalue weighted by Crippen LogP contribution is 2.44. The summed E-state index contributed by atoms with van der Waals surface area (Å²) < 4.78 is 2.38. The zero-order chi connectivity index (χ0) is 24.9. The van der Waals surface area contributed by atoms with Gasteiger partial charge in [-0.25, -0.2) is 0 Å². The maximum absolute atomic E-state index is 5.96. The van der Waals surface area contributed by atoms with Crippen molar-refractivity contribution in [2.45, 2.75) is 53.6 Å². The molecule has 2 atom stereocenters. The van der Waals surface area contributed by atoms with Crippen molar-refractivity contribution in [3.8, 4) is 5.69 Å². The summed E-state index contributed by atoms with van der Waals surface area (Å²) in [6.45, 7) is 13.1. The highest BCUT2D eigenvalue weighted by molar-refractivity contribution is 7.80. The molecule has 2 aromatic carbocycles. The summed E-state index contributed by atoms with van der Waals surface area (Å²) in [6.07, 6.45) is 1.86. The van der Waals surface area contributed by atoms with E-state index in [1.54, 1.807) is 0 Å². The average molecular weight is 481 g/mol. The number of hydrogen-bond acceptors (Lipinski definition) is 2. The van der Waals surface area contributed by atoms with Crippen LogP contribution in [0.5, 0.6) is 0 Å². The van der Waals surface area contributed by atoms with Gasteiger partial charge >= 0.3 is 0 Å². The lowest BCUT2D eigenvalue weighted by molar-refractivity contribution is 0.565. The van der Waals surface area contributed by atoms with Gasteiger partial charge in [-0.3, -0.25) is 4.98 Å². The highest BCUT2D eigenvalue weighted by atomic mass is 32.1. The number of aryl methyl sites for hydroxylation is 4. The van der Waals surface area contributed by atoms with Crippen LogP contribution in [0, 0.1) is 41.5 Å². The molecule has 3 heterocycles. The second-order valence-corrected chi connectivity index (χ2v) is 10.1. The van der Waals surface area contributed by atoms with Crippen LogP contribution in [-0.4, -0.2) is 14.7 Å². The number of rotatable bonds is 4. The molecule has 1 aliphatic heterocycles. The highest BCUT2D eigenvalue weighted by Gasteiger charge is 2.42. The van der Waals surface area contributed by atoms with Crippen LogP contribution in [0.25, 0.3) is 5.69 Å². The van der Waals surface area contributed by atoms with Crippen LogP contribution in [-0.2, 0) is 0 Å². The molecule has 4 aromatic rings. The van der Waals surface area contributed by atoms with Gasteiger partial charge in [0.25, 0.3) is 0 Å². The van der Waals surface area contributed by atoms with Crippen LogP contribution in [0.3, 0.4) is 0 Å². The fourth-order valence-corrected chi connectivity index (χ4v) is 5.82. The van der Waals surface area contributed by atoms with Crippen molar-refractivity contribution in [1.82, 2.24) is 14.9 Å². The number of anilines is 1. The molecule has 35 heavy (non-hydrogen) atoms. The number of aromatic nitrogens is 2. The predicted octanol–water partition coefficient (Wildman–Crippen LogP) is 6.90. The largest absolute Gasteiger partial charge is 0.351 e. The van der Waals surface area contributed by atoms with Gasteiger partial charge in [-0.2, -0.15) is 0 Å². The number of thiocarbonyl (C=S) groups is 1. The fourth-order valence-electron chi connectivity index (χ4n) is 5.47. The first-order valence-electron chi connectivity index (χ1n) is 12.1. The number of pyridine rings is 1. The molecule has 0 aliphatic carbocycles. The Hall–Kier alpha value is -3.44. The van der Waals surface area contributed by atoms with E-state index < -0.39 is 0 Å². The first kappa shape index (κ1) is 23.3. The molecule has 1 N–H and O–H groups in total. The van der Waals surface area contributed by atoms with Gasteiger partial charge in [0.05, 0.1) is 17.8 Å². The molecular weight excluding hydrogens is 448 g/mol. The van der Waals surface area contributed by atoms with E-state index in [-0.39, 0.29) is 12.1 Å². The van der Waals surface area contributed by atoms with Crippen molar-refractivity contribution in [2.24, 2.45) is 0 Å². The molecule has 0 amide bonds. The Kier molecular flexibility index (Phi) is 5.97. The SMILES string of the molecule is Cc1cc(C)cc(N2C(=S)N[C@@H](c3ccccn3)[C@@H]2c2cc(C)n(-c3cccc(C)c3C)c2C)c1. The molecule has 1 aliphatic rings. The lowest BCUT2D eigenvalue weighted by atomic mass is 9.96. The topological polar surface area (TPSA) is 33.1 Å². The summed E-state index contributed by atoms with van der Waals surface area (Å²) in [5, 5.41) is 4.34. The van der Waals surface area contributed by atoms with Crippen molar-refractivity contribution in [3.05, 3.63) is 112 Å². The summed E-state index contributed by atoms with van der Waals surface area (Å²) in [5.41, 5.74) is 12.1. The van der Waals surface area contributed by atoms with Crippen LogP contribution in [0.2, 0.25) is 0 Å². The third-order valence-corrected chi connectivity index (χ3v) is 7.50. The van der Waals surface area contributed by atoms with Crippen LogP contribution < -0.4 is 10.2 Å². The van der Waals surface area contributed by atoms with E-state index in [0.29, 0.717) is 0 Å². The molecule has 0 saturated carbocycles. The van der Waals surface area contributed by atoms with Gasteiger partial charge in [-0.05, 0) is 118 Å². The van der Waals surface area contributed by atoms with Gasteiger partial charge in [0.2, 0.25) is 0 Å². The summed E-state index contributed by atoms with van der Waals surface area (Å²) in [7, 11) is 0. The van der Waals surface area contributed by atoms with E-state index in [0.717, 1.165) is 16.5 Å². The van der Waals surface area contributed by atoms with E-state index in [1.807, 2.05) is 18.3 Å². The van der Waals surface area contributed by atoms with Crippen LogP contribution in [0.1, 0.15) is 57.0 Å². The van der Waals surface area contributed by atoms with Crippen molar-refractivity contribution in [2.75, 3.05) is 4.90 Å². The van der Waals surface area contributed by atoms with Crippen LogP contribution in [0.15, 0.2) is 66.9 Å². The smallest absolute Gasteiger partial charge is 0.174 e. The molecule has 178 valence electrons. The quantitative estimate of drug-likeness (QED) is 0.322. The molecule has 2 aromatic heterocycles. The summed E-state index contributed by atoms with van der Waals surface area (Å²) in [4.78, 5) is 7.00. The van der Waals surface area contributed by atoms with Crippen molar-refractivity contribution >= 4 is 23.0 Å². The second kappa shape index (κ2) is 8.97. The lowest BCUT2D eigenvalue weighted by Crippen LogP contribution is -2.29. The first-order chi connectivity index (χ1) is 16.8. The van der Waals surface area contributed by atoms with Crippen LogP contribution in [0.4, 0.5) is 5.69 Å². The molecule has 5 heteroatoms. The molecule has 0 spiro atoms. The average Bonchev–Trinajstić information content (AvgIpc) is 3.31. The Bertz CT molecular complexity index is 1400. The Labute approximate surface area is 213 Å². The van der Waals surface area contributed by atoms with Gasteiger partial charge < -0.3 is 14.8 Å². The minimum atomic E-state index is -0.0583. The molecule has 0 bridgehead atoms. The number of benzene rings is 2. The third kappa shape index (κ3) is 4.04. The van der Waals surface area contributed by atoms with Gasteiger partial charge in [0.1, 0.15) is 0 Å². The van der Waals surface area contributed by atoms with E-state index in [4.69, 9.17) is 17.2 Å². The van der Waals surface area contributed by atoms with Crippen molar-refractivity contribution in [1.29, 1.82) is 0 Å². The molecule has 0 unspecified atom stereocenters. The zero-order valence-electron chi connectivity index (χ0n) is 21.3. The monoisotopic (exact) mass is 480 g/mol. The zero-order valence-corrected chi connectivity index (χ0v) is 22.1. The number of nitrogens with zero attached hydrogens (tertiary/aromatic N) is 3. The molecular formula is C30H32N4S. The molecule has 1 saturated heterocycles. The summed E-state index contributed by atoms with van der Waals surface area (Å²) in [6, 6.07) is 21.5. The molecule has 4 nitrogen and oxygen atoms in total. The van der Waals surface area contributed by atoms with Gasteiger partial charge in [0.15, 0.2) is 5.11 Å². The number of hydrogen-bond donors (Lipinski definition) is 1. The van der Waals surface area contributed by atoms with Gasteiger partial charge in [-0.1, -0.05) is 24.3 Å². The Balaban J connectivity index is 1.72. The lowest BCUT2D eigenvalue weighted by Gasteiger charge is -2.29. The maximum atomic E-state index is 5.96. The minimum absolute atomic E-state index is 0.0244. The van der Waals surface area contributed by atoms with Crippen molar-refractivity contribution in [3.63, 3.8) is 0 Å². The predicted molar refractivity (Wildman–Crippen MR) is 149 cm³/mol. The van der Waals surface area contributed by atoms with E-state index in [9.17, 15) is 0 Å². The molecule has 1 fully saturated rings. The molecule has 0 radical (unpaired) electrons. The minimum Gasteiger partial charge on any atom is -0.351 e. The Morgan fingerprint density at radius 1 is 0.857 bits per heavy atom. The fraction of sp³-hybridized carbons (Fsp3) is 0.267. The summed E-state index contributed by atoms with van der Waals surface area (Å²) in [5.74, 6) is 0. The maximum Gasteiger partial charge on any atom is 0.174 e. The summed E-state index contributed by atoms with van der Waals surface area (Å²) >= 11 is 5.96. The van der Waals surface area contributed by atoms with E-state index in [1.165, 1.54) is 44.9 Å². The second-order valence-electron chi connectivity index (χ2n) is 9.72.